The third-order valence-corrected chi connectivity index (χ3v) is 4.64. The molecule has 4 nitrogen and oxygen atoms in total. The number of hydrogen-bond donors (Lipinski definition) is 1. The zero-order valence-corrected chi connectivity index (χ0v) is 10.2. The molecule has 0 saturated heterocycles. The first kappa shape index (κ1) is 9.95. The lowest BCUT2D eigenvalue weighted by molar-refractivity contribution is 0.216. The van der Waals surface area contributed by atoms with Crippen LogP contribution in [0.3, 0.4) is 0 Å². The molecule has 0 amide bonds. The fraction of sp³-hybridized carbons (Fsp3) is 0.769. The van der Waals surface area contributed by atoms with Gasteiger partial charge in [0.15, 0.2) is 0 Å². The number of nitrogen functional groups attached to an aromatic ring is 1. The second-order valence-electron chi connectivity index (χ2n) is 5.79. The SMILES string of the molecule is Nc1nn(C2CCC2)c2c1CCN(C1CC1)C2. The topological polar surface area (TPSA) is 47.1 Å². The lowest BCUT2D eigenvalue weighted by atomic mass is 9.92. The summed E-state index contributed by atoms with van der Waals surface area (Å²) in [5, 5.41) is 4.60. The Bertz CT molecular complexity index is 443. The van der Waals surface area contributed by atoms with Gasteiger partial charge in [0.05, 0.1) is 11.7 Å². The molecule has 1 aromatic rings. The molecule has 1 aliphatic heterocycles. The summed E-state index contributed by atoms with van der Waals surface area (Å²) in [5.41, 5.74) is 8.83. The van der Waals surface area contributed by atoms with Crippen molar-refractivity contribution in [3.05, 3.63) is 11.3 Å². The molecule has 2 N–H and O–H groups in total. The van der Waals surface area contributed by atoms with E-state index in [0.717, 1.165) is 24.8 Å². The average Bonchev–Trinajstić information content (AvgIpc) is 3.05. The first-order chi connectivity index (χ1) is 8.33. The van der Waals surface area contributed by atoms with Crippen molar-refractivity contribution in [1.29, 1.82) is 0 Å². The monoisotopic (exact) mass is 232 g/mol. The first-order valence-corrected chi connectivity index (χ1v) is 6.92. The summed E-state index contributed by atoms with van der Waals surface area (Å²) in [6, 6.07) is 1.49. The van der Waals surface area contributed by atoms with E-state index in [-0.39, 0.29) is 0 Å². The summed E-state index contributed by atoms with van der Waals surface area (Å²) in [6.07, 6.45) is 7.81. The predicted molar refractivity (Wildman–Crippen MR) is 66.7 cm³/mol. The van der Waals surface area contributed by atoms with Crippen LogP contribution in [0.15, 0.2) is 0 Å². The minimum Gasteiger partial charge on any atom is -0.382 e. The fourth-order valence-electron chi connectivity index (χ4n) is 3.17. The standard InChI is InChI=1S/C13H20N4/c14-13-11-6-7-16(9-4-5-9)8-12(11)17(15-13)10-2-1-3-10/h9-10H,1-8H2,(H2,14,15). The van der Waals surface area contributed by atoms with Gasteiger partial charge in [-0.25, -0.2) is 0 Å². The van der Waals surface area contributed by atoms with Crippen molar-refractivity contribution in [2.24, 2.45) is 0 Å². The van der Waals surface area contributed by atoms with Crippen LogP contribution in [-0.4, -0.2) is 27.3 Å². The van der Waals surface area contributed by atoms with Gasteiger partial charge in [-0.1, -0.05) is 0 Å². The van der Waals surface area contributed by atoms with E-state index < -0.39 is 0 Å². The van der Waals surface area contributed by atoms with Crippen molar-refractivity contribution in [2.45, 2.75) is 57.2 Å². The second kappa shape index (κ2) is 3.48. The lowest BCUT2D eigenvalue weighted by Gasteiger charge is -2.32. The van der Waals surface area contributed by atoms with Crippen LogP contribution in [0.2, 0.25) is 0 Å². The van der Waals surface area contributed by atoms with Gasteiger partial charge in [0, 0.05) is 24.7 Å². The van der Waals surface area contributed by atoms with Crippen molar-refractivity contribution in [3.8, 4) is 0 Å². The number of fused-ring (bicyclic) bond motifs is 1. The average molecular weight is 232 g/mol. The van der Waals surface area contributed by atoms with E-state index in [1.54, 1.807) is 0 Å². The van der Waals surface area contributed by atoms with E-state index in [1.165, 1.54) is 49.9 Å². The largest absolute Gasteiger partial charge is 0.382 e. The first-order valence-electron chi connectivity index (χ1n) is 6.92. The van der Waals surface area contributed by atoms with Gasteiger partial charge in [0.1, 0.15) is 5.82 Å². The third kappa shape index (κ3) is 1.50. The summed E-state index contributed by atoms with van der Waals surface area (Å²) in [4.78, 5) is 2.62. The molecule has 2 fully saturated rings. The summed E-state index contributed by atoms with van der Waals surface area (Å²) >= 11 is 0. The summed E-state index contributed by atoms with van der Waals surface area (Å²) in [5.74, 6) is 0.794. The Kier molecular flexibility index (Phi) is 2.04. The molecule has 2 saturated carbocycles. The normalized spacial score (nSPS) is 25.6. The van der Waals surface area contributed by atoms with Crippen molar-refractivity contribution in [3.63, 3.8) is 0 Å². The molecule has 0 unspecified atom stereocenters. The minimum absolute atomic E-state index is 0.639. The van der Waals surface area contributed by atoms with Gasteiger partial charge in [-0.2, -0.15) is 5.10 Å². The molecule has 2 aliphatic carbocycles. The van der Waals surface area contributed by atoms with Gasteiger partial charge in [-0.15, -0.1) is 0 Å². The maximum absolute atomic E-state index is 6.07. The van der Waals surface area contributed by atoms with Gasteiger partial charge < -0.3 is 5.73 Å². The van der Waals surface area contributed by atoms with Gasteiger partial charge >= 0.3 is 0 Å². The van der Waals surface area contributed by atoms with E-state index in [0.29, 0.717) is 6.04 Å². The lowest BCUT2D eigenvalue weighted by Crippen LogP contribution is -2.34. The molecular formula is C13H20N4. The molecule has 17 heavy (non-hydrogen) atoms. The number of hydrogen-bond acceptors (Lipinski definition) is 3. The van der Waals surface area contributed by atoms with E-state index in [9.17, 15) is 0 Å². The second-order valence-corrected chi connectivity index (χ2v) is 5.79. The molecule has 92 valence electrons. The van der Waals surface area contributed by atoms with Crippen molar-refractivity contribution >= 4 is 5.82 Å². The summed E-state index contributed by atoms with van der Waals surface area (Å²) in [7, 11) is 0. The number of aromatic nitrogens is 2. The van der Waals surface area contributed by atoms with Crippen LogP contribution in [0.25, 0.3) is 0 Å². The van der Waals surface area contributed by atoms with Crippen LogP contribution in [0.4, 0.5) is 5.82 Å². The fourth-order valence-corrected chi connectivity index (χ4v) is 3.17. The van der Waals surface area contributed by atoms with Gasteiger partial charge in [0.2, 0.25) is 0 Å². The van der Waals surface area contributed by atoms with Crippen LogP contribution in [0, 0.1) is 0 Å². The van der Waals surface area contributed by atoms with E-state index in [2.05, 4.69) is 14.7 Å². The summed E-state index contributed by atoms with van der Waals surface area (Å²) < 4.78 is 2.25. The van der Waals surface area contributed by atoms with Crippen molar-refractivity contribution in [1.82, 2.24) is 14.7 Å². The maximum Gasteiger partial charge on any atom is 0.149 e. The number of nitrogens with zero attached hydrogens (tertiary/aromatic N) is 3. The number of anilines is 1. The Labute approximate surface area is 102 Å². The Morgan fingerprint density at radius 3 is 2.59 bits per heavy atom. The van der Waals surface area contributed by atoms with Crippen LogP contribution < -0.4 is 5.73 Å². The molecule has 0 aromatic carbocycles. The molecule has 0 bridgehead atoms. The van der Waals surface area contributed by atoms with E-state index >= 15 is 0 Å². The minimum atomic E-state index is 0.639. The Balaban J connectivity index is 1.68. The third-order valence-electron chi connectivity index (χ3n) is 4.64. The molecule has 4 rings (SSSR count). The van der Waals surface area contributed by atoms with Crippen molar-refractivity contribution < 1.29 is 0 Å². The Morgan fingerprint density at radius 1 is 1.12 bits per heavy atom. The zero-order chi connectivity index (χ0) is 11.4. The van der Waals surface area contributed by atoms with Crippen LogP contribution in [0.5, 0.6) is 0 Å². The van der Waals surface area contributed by atoms with Gasteiger partial charge in [-0.05, 0) is 38.5 Å². The predicted octanol–water partition coefficient (Wildman–Crippen LogP) is 1.71. The zero-order valence-electron chi connectivity index (χ0n) is 10.2. The molecular weight excluding hydrogens is 212 g/mol. The molecule has 4 heteroatoms. The summed E-state index contributed by atoms with van der Waals surface area (Å²) in [6.45, 7) is 2.26. The highest BCUT2D eigenvalue weighted by molar-refractivity contribution is 5.44. The van der Waals surface area contributed by atoms with Gasteiger partial charge in [-0.3, -0.25) is 9.58 Å². The molecule has 1 aromatic heterocycles. The molecule has 2 heterocycles. The van der Waals surface area contributed by atoms with E-state index in [1.807, 2.05) is 0 Å². The quantitative estimate of drug-likeness (QED) is 0.844. The Morgan fingerprint density at radius 2 is 1.94 bits per heavy atom. The number of rotatable bonds is 2. The molecule has 3 aliphatic rings. The highest BCUT2D eigenvalue weighted by Crippen LogP contribution is 2.38. The highest BCUT2D eigenvalue weighted by atomic mass is 15.4. The molecule has 0 spiro atoms. The smallest absolute Gasteiger partial charge is 0.149 e. The Hall–Kier alpha value is -1.03. The van der Waals surface area contributed by atoms with Gasteiger partial charge in [0.25, 0.3) is 0 Å². The van der Waals surface area contributed by atoms with Crippen LogP contribution >= 0.6 is 0 Å². The highest BCUT2D eigenvalue weighted by Gasteiger charge is 2.35. The van der Waals surface area contributed by atoms with Crippen LogP contribution in [0.1, 0.15) is 49.4 Å². The van der Waals surface area contributed by atoms with Crippen LogP contribution in [-0.2, 0) is 13.0 Å². The van der Waals surface area contributed by atoms with E-state index in [4.69, 9.17) is 5.73 Å². The molecule has 0 atom stereocenters. The van der Waals surface area contributed by atoms with Crippen molar-refractivity contribution in [2.75, 3.05) is 12.3 Å². The number of nitrogens with two attached hydrogens (primary N) is 1. The molecule has 0 radical (unpaired) electrons. The maximum atomic E-state index is 6.07.